The van der Waals surface area contributed by atoms with Crippen molar-refractivity contribution in [2.45, 2.75) is 13.5 Å². The van der Waals surface area contributed by atoms with Crippen molar-refractivity contribution in [2.24, 2.45) is 5.10 Å². The molecule has 27 heavy (non-hydrogen) atoms. The standard InChI is InChI=1S/C22H19BrN2O2/c1-16-2-12-21(13-3-16)27-15-18-4-8-19(9-5-18)22(26)25-24-14-17-6-10-20(23)11-7-17/h2-14H,15H2,1H3,(H,25,26)/b24-14-. The number of benzene rings is 3. The van der Waals surface area contributed by atoms with E-state index in [0.29, 0.717) is 12.2 Å². The first-order valence-electron chi connectivity index (χ1n) is 8.47. The molecule has 0 radical (unpaired) electrons. The third-order valence-electron chi connectivity index (χ3n) is 3.89. The number of hydrogen-bond acceptors (Lipinski definition) is 3. The van der Waals surface area contributed by atoms with Gasteiger partial charge in [-0.15, -0.1) is 0 Å². The van der Waals surface area contributed by atoms with E-state index in [0.717, 1.165) is 21.3 Å². The molecule has 0 aliphatic carbocycles. The second-order valence-electron chi connectivity index (χ2n) is 6.05. The van der Waals surface area contributed by atoms with Gasteiger partial charge < -0.3 is 4.74 Å². The maximum atomic E-state index is 12.1. The number of hydrogen-bond donors (Lipinski definition) is 1. The molecular weight excluding hydrogens is 404 g/mol. The molecule has 0 aromatic heterocycles. The van der Waals surface area contributed by atoms with Gasteiger partial charge in [-0.2, -0.15) is 5.10 Å². The quantitative estimate of drug-likeness (QED) is 0.443. The summed E-state index contributed by atoms with van der Waals surface area (Å²) < 4.78 is 6.74. The van der Waals surface area contributed by atoms with E-state index in [9.17, 15) is 4.79 Å². The molecule has 0 aliphatic rings. The molecule has 1 N–H and O–H groups in total. The zero-order valence-corrected chi connectivity index (χ0v) is 16.4. The van der Waals surface area contributed by atoms with Crippen LogP contribution in [0.5, 0.6) is 5.75 Å². The van der Waals surface area contributed by atoms with Crippen LogP contribution in [0.4, 0.5) is 0 Å². The van der Waals surface area contributed by atoms with Gasteiger partial charge in [0.25, 0.3) is 5.91 Å². The third-order valence-corrected chi connectivity index (χ3v) is 4.42. The van der Waals surface area contributed by atoms with Gasteiger partial charge in [0.15, 0.2) is 0 Å². The Balaban J connectivity index is 1.52. The maximum Gasteiger partial charge on any atom is 0.271 e. The molecule has 0 saturated heterocycles. The molecule has 136 valence electrons. The summed E-state index contributed by atoms with van der Waals surface area (Å²) in [6.07, 6.45) is 1.61. The Morgan fingerprint density at radius 3 is 2.33 bits per heavy atom. The first kappa shape index (κ1) is 18.9. The summed E-state index contributed by atoms with van der Waals surface area (Å²) in [5.74, 6) is 0.569. The fourth-order valence-electron chi connectivity index (χ4n) is 2.33. The van der Waals surface area contributed by atoms with Crippen LogP contribution in [0, 0.1) is 6.92 Å². The van der Waals surface area contributed by atoms with E-state index in [1.165, 1.54) is 5.56 Å². The van der Waals surface area contributed by atoms with Crippen molar-refractivity contribution in [3.8, 4) is 5.75 Å². The first-order chi connectivity index (χ1) is 13.1. The van der Waals surface area contributed by atoms with Crippen LogP contribution >= 0.6 is 15.9 Å². The Labute approximate surface area is 167 Å². The van der Waals surface area contributed by atoms with E-state index < -0.39 is 0 Å². The molecule has 5 heteroatoms. The normalized spacial score (nSPS) is 10.7. The van der Waals surface area contributed by atoms with E-state index in [4.69, 9.17) is 4.74 Å². The SMILES string of the molecule is Cc1ccc(OCc2ccc(C(=O)N/N=C\c3ccc(Br)cc3)cc2)cc1. The molecule has 1 amide bonds. The highest BCUT2D eigenvalue weighted by atomic mass is 79.9. The number of rotatable bonds is 6. The van der Waals surface area contributed by atoms with Gasteiger partial charge >= 0.3 is 0 Å². The molecular formula is C22H19BrN2O2. The van der Waals surface area contributed by atoms with Crippen molar-refractivity contribution in [2.75, 3.05) is 0 Å². The Bertz CT molecular complexity index is 918. The monoisotopic (exact) mass is 422 g/mol. The van der Waals surface area contributed by atoms with Crippen molar-refractivity contribution >= 4 is 28.1 Å². The van der Waals surface area contributed by atoms with E-state index in [2.05, 4.69) is 26.5 Å². The van der Waals surface area contributed by atoms with Crippen LogP contribution in [0.25, 0.3) is 0 Å². The van der Waals surface area contributed by atoms with Gasteiger partial charge in [-0.1, -0.05) is 57.9 Å². The molecule has 0 saturated carbocycles. The van der Waals surface area contributed by atoms with Gasteiger partial charge in [0.05, 0.1) is 6.21 Å². The summed E-state index contributed by atoms with van der Waals surface area (Å²) in [6.45, 7) is 2.49. The number of carbonyl (C=O) groups is 1. The lowest BCUT2D eigenvalue weighted by atomic mass is 10.1. The van der Waals surface area contributed by atoms with Crippen molar-refractivity contribution in [1.29, 1.82) is 0 Å². The molecule has 0 bridgehead atoms. The molecule has 4 nitrogen and oxygen atoms in total. The van der Waals surface area contributed by atoms with Crippen molar-refractivity contribution < 1.29 is 9.53 Å². The predicted octanol–water partition coefficient (Wildman–Crippen LogP) is 5.10. The topological polar surface area (TPSA) is 50.7 Å². The second kappa shape index (κ2) is 9.14. The second-order valence-corrected chi connectivity index (χ2v) is 6.97. The molecule has 3 aromatic carbocycles. The highest BCUT2D eigenvalue weighted by Gasteiger charge is 2.04. The van der Waals surface area contributed by atoms with Gasteiger partial charge in [0.2, 0.25) is 0 Å². The number of aryl methyl sites for hydroxylation is 1. The highest BCUT2D eigenvalue weighted by Crippen LogP contribution is 2.14. The first-order valence-corrected chi connectivity index (χ1v) is 9.27. The van der Waals surface area contributed by atoms with Crippen LogP contribution in [-0.4, -0.2) is 12.1 Å². The number of carbonyl (C=O) groups excluding carboxylic acids is 1. The number of halogens is 1. The van der Waals surface area contributed by atoms with Crippen LogP contribution in [0.3, 0.4) is 0 Å². The Morgan fingerprint density at radius 1 is 1.00 bits per heavy atom. The van der Waals surface area contributed by atoms with E-state index in [-0.39, 0.29) is 5.91 Å². The fourth-order valence-corrected chi connectivity index (χ4v) is 2.60. The Kier molecular flexibility index (Phi) is 6.39. The van der Waals surface area contributed by atoms with Gasteiger partial charge in [0, 0.05) is 10.0 Å². The minimum atomic E-state index is -0.255. The Morgan fingerprint density at radius 2 is 1.67 bits per heavy atom. The lowest BCUT2D eigenvalue weighted by molar-refractivity contribution is 0.0955. The summed E-state index contributed by atoms with van der Waals surface area (Å²) >= 11 is 3.38. The number of ether oxygens (including phenoxy) is 1. The zero-order chi connectivity index (χ0) is 19.1. The Hall–Kier alpha value is -2.92. The van der Waals surface area contributed by atoms with Crippen LogP contribution in [0.15, 0.2) is 82.4 Å². The molecule has 0 heterocycles. The smallest absolute Gasteiger partial charge is 0.271 e. The van der Waals surface area contributed by atoms with Gasteiger partial charge in [-0.3, -0.25) is 4.79 Å². The molecule has 0 atom stereocenters. The van der Waals surface area contributed by atoms with Crippen LogP contribution < -0.4 is 10.2 Å². The average Bonchev–Trinajstić information content (AvgIpc) is 2.69. The average molecular weight is 423 g/mol. The maximum absolute atomic E-state index is 12.1. The fraction of sp³-hybridized carbons (Fsp3) is 0.0909. The summed E-state index contributed by atoms with van der Waals surface area (Å²) in [4.78, 5) is 12.1. The van der Waals surface area contributed by atoms with Crippen molar-refractivity contribution in [3.05, 3.63) is 99.5 Å². The molecule has 0 fully saturated rings. The predicted molar refractivity (Wildman–Crippen MR) is 111 cm³/mol. The van der Waals surface area contributed by atoms with E-state index in [1.54, 1.807) is 18.3 Å². The minimum Gasteiger partial charge on any atom is -0.489 e. The van der Waals surface area contributed by atoms with Crippen molar-refractivity contribution in [1.82, 2.24) is 5.43 Å². The number of nitrogens with zero attached hydrogens (tertiary/aromatic N) is 1. The molecule has 0 aliphatic heterocycles. The summed E-state index contributed by atoms with van der Waals surface area (Å²) in [5.41, 5.74) is 6.17. The number of amides is 1. The molecule has 3 aromatic rings. The molecule has 0 unspecified atom stereocenters. The van der Waals surface area contributed by atoms with Crippen LogP contribution in [0.1, 0.15) is 27.0 Å². The molecule has 3 rings (SSSR count). The van der Waals surface area contributed by atoms with Crippen LogP contribution in [0.2, 0.25) is 0 Å². The van der Waals surface area contributed by atoms with Gasteiger partial charge in [-0.05, 0) is 54.4 Å². The lowest BCUT2D eigenvalue weighted by Crippen LogP contribution is -2.17. The number of hydrazone groups is 1. The van der Waals surface area contributed by atoms with Crippen LogP contribution in [-0.2, 0) is 6.61 Å². The van der Waals surface area contributed by atoms with E-state index >= 15 is 0 Å². The van der Waals surface area contributed by atoms with Gasteiger partial charge in [-0.25, -0.2) is 5.43 Å². The lowest BCUT2D eigenvalue weighted by Gasteiger charge is -2.07. The summed E-state index contributed by atoms with van der Waals surface area (Å²) in [6, 6.07) is 22.8. The number of nitrogens with one attached hydrogen (secondary N) is 1. The van der Waals surface area contributed by atoms with Gasteiger partial charge in [0.1, 0.15) is 12.4 Å². The highest BCUT2D eigenvalue weighted by molar-refractivity contribution is 9.10. The van der Waals surface area contributed by atoms with Crippen molar-refractivity contribution in [3.63, 3.8) is 0 Å². The summed E-state index contributed by atoms with van der Waals surface area (Å²) in [5, 5.41) is 3.99. The van der Waals surface area contributed by atoms with E-state index in [1.807, 2.05) is 67.6 Å². The largest absolute Gasteiger partial charge is 0.489 e. The third kappa shape index (κ3) is 5.79. The summed E-state index contributed by atoms with van der Waals surface area (Å²) in [7, 11) is 0. The molecule has 0 spiro atoms. The minimum absolute atomic E-state index is 0.255. The zero-order valence-electron chi connectivity index (χ0n) is 14.9.